The maximum Gasteiger partial charge on any atom is 0.261 e. The molecule has 2 aromatic heterocycles. The number of ether oxygens (including phenoxy) is 1. The van der Waals surface area contributed by atoms with E-state index >= 15 is 0 Å². The average molecular weight is 361 g/mol. The van der Waals surface area contributed by atoms with Gasteiger partial charge in [0.05, 0.1) is 21.7 Å². The van der Waals surface area contributed by atoms with E-state index in [1.807, 2.05) is 24.4 Å². The maximum absolute atomic E-state index is 12.4. The van der Waals surface area contributed by atoms with Crippen LogP contribution in [-0.2, 0) is 4.74 Å². The van der Waals surface area contributed by atoms with Crippen LogP contribution >= 0.6 is 23.1 Å². The van der Waals surface area contributed by atoms with Crippen molar-refractivity contribution in [3.63, 3.8) is 0 Å². The Bertz CT molecular complexity index is 728. The molecule has 0 bridgehead atoms. The maximum atomic E-state index is 12.4. The zero-order valence-electron chi connectivity index (χ0n) is 13.2. The summed E-state index contributed by atoms with van der Waals surface area (Å²) in [7, 11) is 0. The van der Waals surface area contributed by atoms with Gasteiger partial charge in [0.2, 0.25) is 0 Å². The van der Waals surface area contributed by atoms with Gasteiger partial charge < -0.3 is 15.0 Å². The summed E-state index contributed by atoms with van der Waals surface area (Å²) in [5.41, 5.74) is 1.13. The monoisotopic (exact) mass is 361 g/mol. The highest BCUT2D eigenvalue weighted by molar-refractivity contribution is 7.99. The molecule has 1 unspecified atom stereocenters. The number of anilines is 2. The molecule has 0 saturated carbocycles. The van der Waals surface area contributed by atoms with Crippen LogP contribution in [0.15, 0.2) is 35.5 Å². The molecule has 1 atom stereocenters. The molecule has 7 heteroatoms. The molecule has 2 aromatic rings. The summed E-state index contributed by atoms with van der Waals surface area (Å²) in [5.74, 6) is 0.988. The van der Waals surface area contributed by atoms with Crippen molar-refractivity contribution in [2.45, 2.75) is 24.0 Å². The van der Waals surface area contributed by atoms with Crippen LogP contribution in [0.2, 0.25) is 0 Å². The summed E-state index contributed by atoms with van der Waals surface area (Å²) in [4.78, 5) is 19.8. The molecule has 2 aliphatic rings. The molecule has 4 rings (SSSR count). The molecule has 5 nitrogen and oxygen atoms in total. The van der Waals surface area contributed by atoms with Crippen LogP contribution in [0.1, 0.15) is 22.5 Å². The molecule has 1 fully saturated rings. The van der Waals surface area contributed by atoms with E-state index in [0.717, 1.165) is 52.3 Å². The van der Waals surface area contributed by atoms with Crippen LogP contribution in [0, 0.1) is 0 Å². The van der Waals surface area contributed by atoms with Crippen molar-refractivity contribution in [1.82, 2.24) is 10.3 Å². The summed E-state index contributed by atoms with van der Waals surface area (Å²) >= 11 is 3.31. The molecule has 1 N–H and O–H groups in total. The van der Waals surface area contributed by atoms with Gasteiger partial charge >= 0.3 is 0 Å². The van der Waals surface area contributed by atoms with Crippen molar-refractivity contribution in [2.75, 3.05) is 30.3 Å². The number of carbonyl (C=O) groups is 1. The number of fused-ring (bicyclic) bond motifs is 1. The number of thiophene rings is 1. The first-order valence-electron chi connectivity index (χ1n) is 8.16. The number of pyridine rings is 1. The van der Waals surface area contributed by atoms with Crippen LogP contribution in [0.3, 0.4) is 0 Å². The summed E-state index contributed by atoms with van der Waals surface area (Å²) < 4.78 is 5.55. The standard InChI is InChI=1S/C17H19N3O2S2/c21-16(19-11-12-3-2-9-22-12)14-5-6-15(24-14)20-8-10-23-17-13(20)4-1-7-18-17/h1,4-7,12H,2-3,8-11H2,(H,19,21). The van der Waals surface area contributed by atoms with E-state index in [2.05, 4.69) is 21.3 Å². The fourth-order valence-corrected chi connectivity index (χ4v) is 4.87. The molecular weight excluding hydrogens is 342 g/mol. The quantitative estimate of drug-likeness (QED) is 0.906. The molecule has 0 aliphatic carbocycles. The van der Waals surface area contributed by atoms with E-state index in [-0.39, 0.29) is 12.0 Å². The lowest BCUT2D eigenvalue weighted by molar-refractivity contribution is 0.0861. The predicted octanol–water partition coefficient (Wildman–Crippen LogP) is 3.30. The Kier molecular flexibility index (Phi) is 4.73. The second-order valence-corrected chi connectivity index (χ2v) is 7.96. The van der Waals surface area contributed by atoms with Crippen molar-refractivity contribution < 1.29 is 9.53 Å². The first-order valence-corrected chi connectivity index (χ1v) is 9.96. The van der Waals surface area contributed by atoms with Gasteiger partial charge in [-0.3, -0.25) is 4.79 Å². The molecule has 126 valence electrons. The van der Waals surface area contributed by atoms with Gasteiger partial charge in [-0.05, 0) is 37.1 Å². The second kappa shape index (κ2) is 7.13. The van der Waals surface area contributed by atoms with Crippen LogP contribution in [0.5, 0.6) is 0 Å². The SMILES string of the molecule is O=C(NCC1CCCO1)c1ccc(N2CCSc3ncccc32)s1. The number of aromatic nitrogens is 1. The van der Waals surface area contributed by atoms with Crippen LogP contribution < -0.4 is 10.2 Å². The fourth-order valence-electron chi connectivity index (χ4n) is 2.98. The molecule has 2 aliphatic heterocycles. The van der Waals surface area contributed by atoms with Gasteiger partial charge in [0.15, 0.2) is 0 Å². The summed E-state index contributed by atoms with van der Waals surface area (Å²) in [6.45, 7) is 2.34. The Morgan fingerprint density at radius 2 is 2.38 bits per heavy atom. The topological polar surface area (TPSA) is 54.5 Å². The van der Waals surface area contributed by atoms with E-state index in [1.165, 1.54) is 11.3 Å². The van der Waals surface area contributed by atoms with Crippen LogP contribution in [0.25, 0.3) is 0 Å². The lowest BCUT2D eigenvalue weighted by Gasteiger charge is -2.28. The molecule has 0 aromatic carbocycles. The first-order chi connectivity index (χ1) is 11.8. The highest BCUT2D eigenvalue weighted by atomic mass is 32.2. The van der Waals surface area contributed by atoms with Crippen LogP contribution in [0.4, 0.5) is 10.7 Å². The molecule has 0 radical (unpaired) electrons. The number of hydrogen-bond acceptors (Lipinski definition) is 6. The van der Waals surface area contributed by atoms with E-state index in [1.54, 1.807) is 11.8 Å². The van der Waals surface area contributed by atoms with Gasteiger partial charge in [0.1, 0.15) is 5.03 Å². The van der Waals surface area contributed by atoms with E-state index in [9.17, 15) is 4.79 Å². The Morgan fingerprint density at radius 3 is 3.25 bits per heavy atom. The van der Waals surface area contributed by atoms with Crippen molar-refractivity contribution >= 4 is 39.7 Å². The summed E-state index contributed by atoms with van der Waals surface area (Å²) in [6.07, 6.45) is 4.12. The average Bonchev–Trinajstić information content (AvgIpc) is 3.31. The lowest BCUT2D eigenvalue weighted by Crippen LogP contribution is -2.31. The summed E-state index contributed by atoms with van der Waals surface area (Å²) in [5, 5.41) is 5.13. The molecule has 0 spiro atoms. The molecule has 1 saturated heterocycles. The van der Waals surface area contributed by atoms with Crippen molar-refractivity contribution in [1.29, 1.82) is 0 Å². The number of nitrogens with one attached hydrogen (secondary N) is 1. The third-order valence-electron chi connectivity index (χ3n) is 4.19. The van der Waals surface area contributed by atoms with Gasteiger partial charge in [-0.25, -0.2) is 4.98 Å². The second-order valence-electron chi connectivity index (χ2n) is 5.81. The zero-order valence-corrected chi connectivity index (χ0v) is 14.9. The normalized spacial score (nSPS) is 20.0. The Labute approximate surface area is 149 Å². The number of hydrogen-bond donors (Lipinski definition) is 1. The lowest BCUT2D eigenvalue weighted by atomic mass is 10.2. The minimum atomic E-state index is -0.0143. The first kappa shape index (κ1) is 15.9. The van der Waals surface area contributed by atoms with E-state index in [4.69, 9.17) is 4.74 Å². The molecule has 24 heavy (non-hydrogen) atoms. The largest absolute Gasteiger partial charge is 0.376 e. The van der Waals surface area contributed by atoms with Gasteiger partial charge in [0, 0.05) is 31.6 Å². The Hall–Kier alpha value is -1.57. The third-order valence-corrected chi connectivity index (χ3v) is 6.27. The minimum Gasteiger partial charge on any atom is -0.376 e. The smallest absolute Gasteiger partial charge is 0.261 e. The third kappa shape index (κ3) is 3.29. The van der Waals surface area contributed by atoms with E-state index < -0.39 is 0 Å². The van der Waals surface area contributed by atoms with Crippen molar-refractivity contribution in [2.24, 2.45) is 0 Å². The van der Waals surface area contributed by atoms with Gasteiger partial charge in [-0.1, -0.05) is 0 Å². The Morgan fingerprint density at radius 1 is 1.42 bits per heavy atom. The number of amides is 1. The van der Waals surface area contributed by atoms with Gasteiger partial charge in [-0.15, -0.1) is 23.1 Å². The highest BCUT2D eigenvalue weighted by Crippen LogP contribution is 2.39. The predicted molar refractivity (Wildman–Crippen MR) is 97.6 cm³/mol. The number of thioether (sulfide) groups is 1. The molecule has 1 amide bonds. The van der Waals surface area contributed by atoms with E-state index in [0.29, 0.717) is 6.54 Å². The minimum absolute atomic E-state index is 0.0143. The van der Waals surface area contributed by atoms with Gasteiger partial charge in [0.25, 0.3) is 5.91 Å². The molecule has 4 heterocycles. The number of rotatable bonds is 4. The Balaban J connectivity index is 1.46. The highest BCUT2D eigenvalue weighted by Gasteiger charge is 2.22. The van der Waals surface area contributed by atoms with Crippen LogP contribution in [-0.4, -0.2) is 42.4 Å². The van der Waals surface area contributed by atoms with Crippen molar-refractivity contribution in [3.05, 3.63) is 35.3 Å². The summed E-state index contributed by atoms with van der Waals surface area (Å²) in [6, 6.07) is 7.98. The molecular formula is C17H19N3O2S2. The zero-order chi connectivity index (χ0) is 16.4. The van der Waals surface area contributed by atoms with Crippen molar-refractivity contribution in [3.8, 4) is 0 Å². The number of nitrogens with zero attached hydrogens (tertiary/aromatic N) is 2. The van der Waals surface area contributed by atoms with Gasteiger partial charge in [-0.2, -0.15) is 0 Å². The fraction of sp³-hybridized carbons (Fsp3) is 0.412. The number of carbonyl (C=O) groups excluding carboxylic acids is 1.